The van der Waals surface area contributed by atoms with Gasteiger partial charge in [0.05, 0.1) is 17.9 Å². The van der Waals surface area contributed by atoms with Crippen molar-refractivity contribution in [1.29, 1.82) is 0 Å². The Kier molecular flexibility index (Phi) is 3.56. The fourth-order valence-corrected chi connectivity index (χ4v) is 3.54. The van der Waals surface area contributed by atoms with E-state index < -0.39 is 0 Å². The summed E-state index contributed by atoms with van der Waals surface area (Å²) in [7, 11) is 0. The molecule has 0 spiro atoms. The lowest BCUT2D eigenvalue weighted by molar-refractivity contribution is 0.989. The lowest BCUT2D eigenvalue weighted by Gasteiger charge is -2.10. The first-order valence-electron chi connectivity index (χ1n) is 6.48. The number of rotatable bonds is 3. The van der Waals surface area contributed by atoms with E-state index in [9.17, 15) is 0 Å². The van der Waals surface area contributed by atoms with Crippen molar-refractivity contribution in [2.75, 3.05) is 5.32 Å². The second kappa shape index (κ2) is 5.22. The van der Waals surface area contributed by atoms with Crippen molar-refractivity contribution in [3.63, 3.8) is 0 Å². The Labute approximate surface area is 130 Å². The Hall–Kier alpha value is -1.33. The van der Waals surface area contributed by atoms with Gasteiger partial charge in [-0.25, -0.2) is 4.98 Å². The van der Waals surface area contributed by atoms with Crippen molar-refractivity contribution in [2.45, 2.75) is 27.3 Å². The third-order valence-corrected chi connectivity index (χ3v) is 4.78. The standard InChI is InChI=1S/C15H16BrN3S/c1-9-4-5-12(16)6-13(9)17-7-14-11(3)18-15-19(14)8-10(2)20-15/h4-6,8,17H,7H2,1-3H3. The highest BCUT2D eigenvalue weighted by Gasteiger charge is 2.11. The number of halogens is 1. The maximum atomic E-state index is 4.62. The smallest absolute Gasteiger partial charge is 0.194 e. The number of imidazole rings is 1. The highest BCUT2D eigenvalue weighted by atomic mass is 79.9. The van der Waals surface area contributed by atoms with E-state index in [-0.39, 0.29) is 0 Å². The highest BCUT2D eigenvalue weighted by molar-refractivity contribution is 9.10. The van der Waals surface area contributed by atoms with Crippen LogP contribution in [0.1, 0.15) is 21.8 Å². The van der Waals surface area contributed by atoms with Crippen LogP contribution in [0.3, 0.4) is 0 Å². The van der Waals surface area contributed by atoms with Gasteiger partial charge < -0.3 is 5.32 Å². The number of aromatic nitrogens is 2. The molecule has 20 heavy (non-hydrogen) atoms. The van der Waals surface area contributed by atoms with Crippen molar-refractivity contribution < 1.29 is 0 Å². The molecule has 2 aromatic heterocycles. The van der Waals surface area contributed by atoms with Crippen LogP contribution in [-0.4, -0.2) is 9.38 Å². The molecule has 0 aliphatic carbocycles. The number of thiazole rings is 1. The maximum absolute atomic E-state index is 4.62. The van der Waals surface area contributed by atoms with E-state index in [1.807, 2.05) is 0 Å². The summed E-state index contributed by atoms with van der Waals surface area (Å²) < 4.78 is 3.28. The average molecular weight is 350 g/mol. The molecule has 0 fully saturated rings. The minimum atomic E-state index is 0.778. The van der Waals surface area contributed by atoms with Gasteiger partial charge in [-0.2, -0.15) is 0 Å². The van der Waals surface area contributed by atoms with Gasteiger partial charge in [0.1, 0.15) is 0 Å². The number of nitrogens with one attached hydrogen (secondary N) is 1. The summed E-state index contributed by atoms with van der Waals surface area (Å²) in [5.41, 5.74) is 4.72. The van der Waals surface area contributed by atoms with Gasteiger partial charge in [-0.15, -0.1) is 11.3 Å². The minimum Gasteiger partial charge on any atom is -0.379 e. The SMILES string of the molecule is Cc1cn2c(CNc3cc(Br)ccc3C)c(C)nc2s1. The molecule has 1 aromatic carbocycles. The number of anilines is 1. The van der Waals surface area contributed by atoms with Gasteiger partial charge in [0.2, 0.25) is 0 Å². The first-order valence-corrected chi connectivity index (χ1v) is 8.09. The van der Waals surface area contributed by atoms with Crippen LogP contribution in [0.5, 0.6) is 0 Å². The Morgan fingerprint density at radius 2 is 2.10 bits per heavy atom. The average Bonchev–Trinajstić information content (AvgIpc) is 2.86. The van der Waals surface area contributed by atoms with Crippen LogP contribution in [0, 0.1) is 20.8 Å². The first-order chi connectivity index (χ1) is 9.54. The second-order valence-electron chi connectivity index (χ2n) is 4.95. The zero-order valence-corrected chi connectivity index (χ0v) is 14.1. The predicted octanol–water partition coefficient (Wildman–Crippen LogP) is 4.70. The Bertz CT molecular complexity index is 773. The van der Waals surface area contributed by atoms with Crippen molar-refractivity contribution >= 4 is 37.9 Å². The van der Waals surface area contributed by atoms with Crippen molar-refractivity contribution in [3.05, 3.63) is 50.7 Å². The number of aryl methyl sites for hydroxylation is 3. The molecule has 0 unspecified atom stereocenters. The molecule has 0 atom stereocenters. The third kappa shape index (κ3) is 2.47. The van der Waals surface area contributed by atoms with Gasteiger partial charge in [-0.3, -0.25) is 4.40 Å². The molecule has 0 bridgehead atoms. The van der Waals surface area contributed by atoms with Gasteiger partial charge in [0, 0.05) is 21.2 Å². The van der Waals surface area contributed by atoms with Gasteiger partial charge >= 0.3 is 0 Å². The van der Waals surface area contributed by atoms with E-state index in [4.69, 9.17) is 0 Å². The summed E-state index contributed by atoms with van der Waals surface area (Å²) in [4.78, 5) is 6.98. The molecule has 0 saturated heterocycles. The molecule has 3 rings (SSSR count). The molecule has 0 aliphatic rings. The molecule has 0 radical (unpaired) electrons. The van der Waals surface area contributed by atoms with Crippen LogP contribution in [-0.2, 0) is 6.54 Å². The molecule has 2 heterocycles. The van der Waals surface area contributed by atoms with E-state index in [0.717, 1.165) is 27.4 Å². The molecule has 0 amide bonds. The number of nitrogens with zero attached hydrogens (tertiary/aromatic N) is 2. The van der Waals surface area contributed by atoms with E-state index in [2.05, 4.69) is 75.8 Å². The van der Waals surface area contributed by atoms with Crippen LogP contribution < -0.4 is 5.32 Å². The second-order valence-corrected chi connectivity index (χ2v) is 7.08. The molecule has 0 aliphatic heterocycles. The lowest BCUT2D eigenvalue weighted by atomic mass is 10.2. The largest absolute Gasteiger partial charge is 0.379 e. The first kappa shape index (κ1) is 13.6. The fourth-order valence-electron chi connectivity index (χ4n) is 2.29. The van der Waals surface area contributed by atoms with Crippen LogP contribution in [0.15, 0.2) is 28.9 Å². The Morgan fingerprint density at radius 3 is 2.90 bits per heavy atom. The zero-order valence-electron chi connectivity index (χ0n) is 11.7. The summed E-state index contributed by atoms with van der Waals surface area (Å²) in [5.74, 6) is 0. The fraction of sp³-hybridized carbons (Fsp3) is 0.267. The van der Waals surface area contributed by atoms with Crippen LogP contribution in [0.2, 0.25) is 0 Å². The molecule has 5 heteroatoms. The van der Waals surface area contributed by atoms with Gasteiger partial charge in [0.25, 0.3) is 0 Å². The number of benzene rings is 1. The molecular weight excluding hydrogens is 334 g/mol. The highest BCUT2D eigenvalue weighted by Crippen LogP contribution is 2.24. The Balaban J connectivity index is 1.89. The van der Waals surface area contributed by atoms with E-state index in [1.165, 1.54) is 16.1 Å². The predicted molar refractivity (Wildman–Crippen MR) is 88.7 cm³/mol. The van der Waals surface area contributed by atoms with Crippen LogP contribution in [0.4, 0.5) is 5.69 Å². The van der Waals surface area contributed by atoms with Crippen LogP contribution >= 0.6 is 27.3 Å². The quantitative estimate of drug-likeness (QED) is 0.742. The maximum Gasteiger partial charge on any atom is 0.194 e. The summed E-state index contributed by atoms with van der Waals surface area (Å²) in [6.45, 7) is 7.08. The van der Waals surface area contributed by atoms with E-state index in [1.54, 1.807) is 11.3 Å². The molecule has 1 N–H and O–H groups in total. The third-order valence-electron chi connectivity index (χ3n) is 3.39. The van der Waals surface area contributed by atoms with Crippen molar-refractivity contribution in [3.8, 4) is 0 Å². The molecule has 0 saturated carbocycles. The van der Waals surface area contributed by atoms with Crippen LogP contribution in [0.25, 0.3) is 4.96 Å². The summed E-state index contributed by atoms with van der Waals surface area (Å²) in [6.07, 6.45) is 2.16. The molecular formula is C15H16BrN3S. The minimum absolute atomic E-state index is 0.778. The van der Waals surface area contributed by atoms with E-state index in [0.29, 0.717) is 0 Å². The Morgan fingerprint density at radius 1 is 1.30 bits per heavy atom. The lowest BCUT2D eigenvalue weighted by Crippen LogP contribution is -2.04. The number of fused-ring (bicyclic) bond motifs is 1. The molecule has 3 nitrogen and oxygen atoms in total. The summed E-state index contributed by atoms with van der Waals surface area (Å²) in [5, 5.41) is 3.51. The number of hydrogen-bond acceptors (Lipinski definition) is 3. The topological polar surface area (TPSA) is 29.3 Å². The van der Waals surface area contributed by atoms with Gasteiger partial charge in [0.15, 0.2) is 4.96 Å². The van der Waals surface area contributed by atoms with Crippen molar-refractivity contribution in [2.24, 2.45) is 0 Å². The molecule has 3 aromatic rings. The van der Waals surface area contributed by atoms with E-state index >= 15 is 0 Å². The van der Waals surface area contributed by atoms with Gasteiger partial charge in [-0.1, -0.05) is 22.0 Å². The normalized spacial score (nSPS) is 11.2. The van der Waals surface area contributed by atoms with Crippen molar-refractivity contribution in [1.82, 2.24) is 9.38 Å². The monoisotopic (exact) mass is 349 g/mol. The summed E-state index contributed by atoms with van der Waals surface area (Å²) in [6, 6.07) is 6.28. The number of hydrogen-bond donors (Lipinski definition) is 1. The zero-order chi connectivity index (χ0) is 14.3. The molecule has 104 valence electrons. The summed E-state index contributed by atoms with van der Waals surface area (Å²) >= 11 is 5.25. The van der Waals surface area contributed by atoms with Gasteiger partial charge in [-0.05, 0) is 38.5 Å².